The van der Waals surface area contributed by atoms with Crippen LogP contribution in [0.4, 0.5) is 4.39 Å². The summed E-state index contributed by atoms with van der Waals surface area (Å²) in [6.45, 7) is 2.06. The van der Waals surface area contributed by atoms with Crippen LogP contribution in [0.5, 0.6) is 0 Å². The first-order valence-electron chi connectivity index (χ1n) is 5.70. The normalized spacial score (nSPS) is 10.8. The fraction of sp³-hybridized carbons (Fsp3) is 0.231. The zero-order valence-electron chi connectivity index (χ0n) is 10.1. The standard InChI is InChI=1S/C13H10Br2ClFN2/c1-2-3-10-11(15)12(16)19-13(18-10)7-4-5-8(14)9(17)6-7/h4-6H,2-3H2,1H3. The number of aromatic nitrogens is 2. The predicted octanol–water partition coefficient (Wildman–Crippen LogP) is 5.41. The van der Waals surface area contributed by atoms with E-state index in [1.165, 1.54) is 6.07 Å². The quantitative estimate of drug-likeness (QED) is 0.635. The van der Waals surface area contributed by atoms with Gasteiger partial charge in [0.1, 0.15) is 11.0 Å². The average Bonchev–Trinajstić information content (AvgIpc) is 2.38. The van der Waals surface area contributed by atoms with E-state index in [1.54, 1.807) is 12.1 Å². The molecule has 1 heterocycles. The number of hydrogen-bond acceptors (Lipinski definition) is 2. The molecule has 19 heavy (non-hydrogen) atoms. The van der Waals surface area contributed by atoms with Crippen LogP contribution in [0.25, 0.3) is 11.4 Å². The molecule has 1 aromatic heterocycles. The van der Waals surface area contributed by atoms with Gasteiger partial charge in [0.05, 0.1) is 14.6 Å². The van der Waals surface area contributed by atoms with Crippen LogP contribution >= 0.6 is 43.5 Å². The molecule has 0 atom stereocenters. The van der Waals surface area contributed by atoms with Crippen molar-refractivity contribution in [2.24, 2.45) is 0 Å². The first-order valence-corrected chi connectivity index (χ1v) is 7.66. The summed E-state index contributed by atoms with van der Waals surface area (Å²) in [6, 6.07) is 4.77. The molecule has 0 aliphatic rings. The summed E-state index contributed by atoms with van der Waals surface area (Å²) in [6.07, 6.45) is 1.73. The zero-order chi connectivity index (χ0) is 14.0. The van der Waals surface area contributed by atoms with Crippen LogP contribution in [0.15, 0.2) is 27.1 Å². The van der Waals surface area contributed by atoms with Gasteiger partial charge in [-0.05, 0) is 56.5 Å². The third kappa shape index (κ3) is 3.33. The Kier molecular flexibility index (Phi) is 4.92. The van der Waals surface area contributed by atoms with Crippen LogP contribution in [0.2, 0.25) is 5.15 Å². The van der Waals surface area contributed by atoms with Gasteiger partial charge in [0.25, 0.3) is 0 Å². The first kappa shape index (κ1) is 14.9. The van der Waals surface area contributed by atoms with Crippen molar-refractivity contribution in [3.05, 3.63) is 43.8 Å². The van der Waals surface area contributed by atoms with E-state index in [4.69, 9.17) is 11.6 Å². The van der Waals surface area contributed by atoms with E-state index in [9.17, 15) is 4.39 Å². The van der Waals surface area contributed by atoms with Crippen LogP contribution < -0.4 is 0 Å². The Morgan fingerprint density at radius 3 is 2.63 bits per heavy atom. The van der Waals surface area contributed by atoms with E-state index in [2.05, 4.69) is 48.8 Å². The van der Waals surface area contributed by atoms with Crippen molar-refractivity contribution in [2.75, 3.05) is 0 Å². The predicted molar refractivity (Wildman–Crippen MR) is 81.8 cm³/mol. The van der Waals surface area contributed by atoms with Gasteiger partial charge >= 0.3 is 0 Å². The summed E-state index contributed by atoms with van der Waals surface area (Å²) in [4.78, 5) is 8.62. The van der Waals surface area contributed by atoms with Gasteiger partial charge in [-0.25, -0.2) is 14.4 Å². The number of halogens is 4. The lowest BCUT2D eigenvalue weighted by atomic mass is 10.2. The molecular weight excluding hydrogens is 398 g/mol. The molecule has 0 saturated carbocycles. The smallest absolute Gasteiger partial charge is 0.161 e. The molecule has 0 saturated heterocycles. The third-order valence-corrected chi connectivity index (χ3v) is 4.52. The Hall–Kier alpha value is -0.520. The second-order valence-corrected chi connectivity index (χ2v) is 5.98. The van der Waals surface area contributed by atoms with E-state index in [-0.39, 0.29) is 5.82 Å². The van der Waals surface area contributed by atoms with Gasteiger partial charge in [0.2, 0.25) is 0 Å². The van der Waals surface area contributed by atoms with E-state index in [1.807, 2.05) is 0 Å². The number of aryl methyl sites for hydroxylation is 1. The molecular formula is C13H10Br2ClFN2. The Morgan fingerprint density at radius 2 is 2.00 bits per heavy atom. The molecule has 0 bridgehead atoms. The highest BCUT2D eigenvalue weighted by Crippen LogP contribution is 2.29. The second kappa shape index (κ2) is 6.29. The van der Waals surface area contributed by atoms with Crippen molar-refractivity contribution in [1.82, 2.24) is 9.97 Å². The molecule has 2 nitrogen and oxygen atoms in total. The molecule has 0 N–H and O–H groups in total. The molecule has 2 rings (SSSR count). The van der Waals surface area contributed by atoms with Gasteiger partial charge in [-0.1, -0.05) is 24.9 Å². The Labute approximate surface area is 132 Å². The summed E-state index contributed by atoms with van der Waals surface area (Å²) in [5, 5.41) is 0.344. The van der Waals surface area contributed by atoms with Crippen molar-refractivity contribution < 1.29 is 4.39 Å². The van der Waals surface area contributed by atoms with Crippen LogP contribution in [0.3, 0.4) is 0 Å². The molecule has 0 amide bonds. The van der Waals surface area contributed by atoms with E-state index < -0.39 is 0 Å². The highest BCUT2D eigenvalue weighted by molar-refractivity contribution is 9.10. The maximum atomic E-state index is 13.5. The summed E-state index contributed by atoms with van der Waals surface area (Å²) >= 11 is 12.6. The van der Waals surface area contributed by atoms with Crippen molar-refractivity contribution in [3.8, 4) is 11.4 Å². The van der Waals surface area contributed by atoms with E-state index >= 15 is 0 Å². The molecule has 2 aromatic rings. The summed E-state index contributed by atoms with van der Waals surface area (Å²) in [5.41, 5.74) is 1.44. The molecule has 0 fully saturated rings. The van der Waals surface area contributed by atoms with E-state index in [0.717, 1.165) is 18.5 Å². The monoisotopic (exact) mass is 406 g/mol. The maximum absolute atomic E-state index is 13.5. The summed E-state index contributed by atoms with van der Waals surface area (Å²) in [7, 11) is 0. The Bertz CT molecular complexity index is 620. The van der Waals surface area contributed by atoms with Crippen LogP contribution in [-0.2, 0) is 6.42 Å². The fourth-order valence-corrected chi connectivity index (χ4v) is 2.44. The number of nitrogens with zero attached hydrogens (tertiary/aromatic N) is 2. The minimum absolute atomic E-state index is 0.344. The zero-order valence-corrected chi connectivity index (χ0v) is 14.0. The SMILES string of the molecule is CCCc1nc(-c2ccc(Br)c(F)c2)nc(Cl)c1Br. The number of benzene rings is 1. The van der Waals surface area contributed by atoms with Gasteiger partial charge in [0, 0.05) is 5.56 Å². The van der Waals surface area contributed by atoms with Crippen molar-refractivity contribution >= 4 is 43.5 Å². The van der Waals surface area contributed by atoms with Crippen LogP contribution in [0, 0.1) is 5.82 Å². The molecule has 0 aliphatic carbocycles. The summed E-state index contributed by atoms with van der Waals surface area (Å²) in [5.74, 6) is 0.0835. The molecule has 0 aliphatic heterocycles. The highest BCUT2D eigenvalue weighted by atomic mass is 79.9. The van der Waals surface area contributed by atoms with Crippen molar-refractivity contribution in [2.45, 2.75) is 19.8 Å². The Morgan fingerprint density at radius 1 is 1.26 bits per heavy atom. The summed E-state index contributed by atoms with van der Waals surface area (Å²) < 4.78 is 14.7. The molecule has 6 heteroatoms. The van der Waals surface area contributed by atoms with Gasteiger partial charge in [-0.3, -0.25) is 0 Å². The van der Waals surface area contributed by atoms with Gasteiger partial charge in [0.15, 0.2) is 5.82 Å². The lowest BCUT2D eigenvalue weighted by Gasteiger charge is -2.08. The first-order chi connectivity index (χ1) is 9.02. The van der Waals surface area contributed by atoms with Gasteiger partial charge in [-0.2, -0.15) is 0 Å². The highest BCUT2D eigenvalue weighted by Gasteiger charge is 2.12. The fourth-order valence-electron chi connectivity index (χ4n) is 1.63. The lowest BCUT2D eigenvalue weighted by Crippen LogP contribution is -1.99. The molecule has 0 spiro atoms. The third-order valence-electron chi connectivity index (χ3n) is 2.54. The van der Waals surface area contributed by atoms with Crippen molar-refractivity contribution in [1.29, 1.82) is 0 Å². The maximum Gasteiger partial charge on any atom is 0.161 e. The average molecular weight is 408 g/mol. The van der Waals surface area contributed by atoms with Crippen LogP contribution in [0.1, 0.15) is 19.0 Å². The van der Waals surface area contributed by atoms with Crippen molar-refractivity contribution in [3.63, 3.8) is 0 Å². The number of rotatable bonds is 3. The largest absolute Gasteiger partial charge is 0.232 e. The molecule has 100 valence electrons. The van der Waals surface area contributed by atoms with Gasteiger partial charge in [-0.15, -0.1) is 0 Å². The van der Waals surface area contributed by atoms with Gasteiger partial charge < -0.3 is 0 Å². The lowest BCUT2D eigenvalue weighted by molar-refractivity contribution is 0.621. The Balaban J connectivity index is 2.52. The van der Waals surface area contributed by atoms with E-state index in [0.29, 0.717) is 25.5 Å². The molecule has 1 aromatic carbocycles. The number of hydrogen-bond donors (Lipinski definition) is 0. The van der Waals surface area contributed by atoms with Crippen LogP contribution in [-0.4, -0.2) is 9.97 Å². The topological polar surface area (TPSA) is 25.8 Å². The molecule has 0 radical (unpaired) electrons. The second-order valence-electron chi connectivity index (χ2n) is 3.98. The minimum Gasteiger partial charge on any atom is -0.232 e. The molecule has 0 unspecified atom stereocenters. The minimum atomic E-state index is -0.350.